The molecule has 4 nitrogen and oxygen atoms in total. The zero-order chi connectivity index (χ0) is 12.1. The SMILES string of the molecule is NC(=O)c1cccc(CNc2ccccn2)c1. The van der Waals surface area contributed by atoms with E-state index in [0.717, 1.165) is 11.4 Å². The number of rotatable bonds is 4. The van der Waals surface area contributed by atoms with Gasteiger partial charge in [0, 0.05) is 18.3 Å². The number of nitrogens with zero attached hydrogens (tertiary/aromatic N) is 1. The Hall–Kier alpha value is -2.36. The zero-order valence-electron chi connectivity index (χ0n) is 9.26. The molecule has 0 spiro atoms. The normalized spacial score (nSPS) is 9.88. The summed E-state index contributed by atoms with van der Waals surface area (Å²) in [6, 6.07) is 12.9. The predicted molar refractivity (Wildman–Crippen MR) is 66.5 cm³/mol. The van der Waals surface area contributed by atoms with Gasteiger partial charge in [-0.15, -0.1) is 0 Å². The van der Waals surface area contributed by atoms with Crippen LogP contribution in [0.3, 0.4) is 0 Å². The Morgan fingerprint density at radius 1 is 1.24 bits per heavy atom. The van der Waals surface area contributed by atoms with E-state index < -0.39 is 5.91 Å². The van der Waals surface area contributed by atoms with Crippen LogP contribution in [0.1, 0.15) is 15.9 Å². The fourth-order valence-electron chi connectivity index (χ4n) is 1.49. The largest absolute Gasteiger partial charge is 0.366 e. The summed E-state index contributed by atoms with van der Waals surface area (Å²) < 4.78 is 0. The van der Waals surface area contributed by atoms with Crippen LogP contribution >= 0.6 is 0 Å². The lowest BCUT2D eigenvalue weighted by Crippen LogP contribution is -2.11. The molecule has 1 heterocycles. The van der Waals surface area contributed by atoms with Crippen molar-refractivity contribution >= 4 is 11.7 Å². The molecule has 0 aliphatic heterocycles. The maximum atomic E-state index is 11.0. The molecule has 0 aliphatic carbocycles. The third kappa shape index (κ3) is 3.04. The molecule has 0 saturated carbocycles. The fourth-order valence-corrected chi connectivity index (χ4v) is 1.49. The Labute approximate surface area is 99.5 Å². The summed E-state index contributed by atoms with van der Waals surface area (Å²) in [6.45, 7) is 0.609. The highest BCUT2D eigenvalue weighted by Crippen LogP contribution is 2.07. The lowest BCUT2D eigenvalue weighted by molar-refractivity contribution is 0.1000. The third-order valence-electron chi connectivity index (χ3n) is 2.35. The first-order valence-corrected chi connectivity index (χ1v) is 5.29. The van der Waals surface area contributed by atoms with Crippen molar-refractivity contribution in [2.45, 2.75) is 6.54 Å². The predicted octanol–water partition coefficient (Wildman–Crippen LogP) is 1.79. The van der Waals surface area contributed by atoms with Crippen molar-refractivity contribution in [1.82, 2.24) is 4.98 Å². The van der Waals surface area contributed by atoms with E-state index in [9.17, 15) is 4.79 Å². The molecular weight excluding hydrogens is 214 g/mol. The minimum Gasteiger partial charge on any atom is -0.366 e. The number of nitrogens with one attached hydrogen (secondary N) is 1. The van der Waals surface area contributed by atoms with Crippen LogP contribution in [0.15, 0.2) is 48.7 Å². The molecule has 0 saturated heterocycles. The van der Waals surface area contributed by atoms with E-state index in [-0.39, 0.29) is 0 Å². The Kier molecular flexibility index (Phi) is 3.35. The van der Waals surface area contributed by atoms with Crippen LogP contribution < -0.4 is 11.1 Å². The number of carbonyl (C=O) groups excluding carboxylic acids is 1. The molecule has 2 aromatic rings. The van der Waals surface area contributed by atoms with Gasteiger partial charge in [0.25, 0.3) is 0 Å². The Morgan fingerprint density at radius 2 is 2.12 bits per heavy atom. The van der Waals surface area contributed by atoms with Gasteiger partial charge in [-0.05, 0) is 29.8 Å². The molecule has 1 amide bonds. The fraction of sp³-hybridized carbons (Fsp3) is 0.0769. The molecule has 0 aliphatic rings. The number of nitrogens with two attached hydrogens (primary N) is 1. The third-order valence-corrected chi connectivity index (χ3v) is 2.35. The second-order valence-corrected chi connectivity index (χ2v) is 3.63. The van der Waals surface area contributed by atoms with Crippen molar-refractivity contribution < 1.29 is 4.79 Å². The van der Waals surface area contributed by atoms with Gasteiger partial charge < -0.3 is 11.1 Å². The van der Waals surface area contributed by atoms with Gasteiger partial charge in [0.2, 0.25) is 5.91 Å². The maximum Gasteiger partial charge on any atom is 0.248 e. The van der Waals surface area contributed by atoms with E-state index in [1.165, 1.54) is 0 Å². The summed E-state index contributed by atoms with van der Waals surface area (Å²) in [5.41, 5.74) is 6.73. The molecule has 1 aromatic carbocycles. The van der Waals surface area contributed by atoms with Crippen molar-refractivity contribution in [2.75, 3.05) is 5.32 Å². The first-order valence-electron chi connectivity index (χ1n) is 5.29. The molecule has 0 atom stereocenters. The average molecular weight is 227 g/mol. The van der Waals surface area contributed by atoms with Gasteiger partial charge >= 0.3 is 0 Å². The van der Waals surface area contributed by atoms with E-state index in [0.29, 0.717) is 12.1 Å². The molecule has 0 unspecified atom stereocenters. The average Bonchev–Trinajstić information content (AvgIpc) is 2.38. The summed E-state index contributed by atoms with van der Waals surface area (Å²) in [7, 11) is 0. The van der Waals surface area contributed by atoms with Crippen LogP contribution in [0.5, 0.6) is 0 Å². The van der Waals surface area contributed by atoms with Gasteiger partial charge in [0.1, 0.15) is 5.82 Å². The lowest BCUT2D eigenvalue weighted by Gasteiger charge is -2.06. The summed E-state index contributed by atoms with van der Waals surface area (Å²) in [6.07, 6.45) is 1.72. The van der Waals surface area contributed by atoms with Crippen molar-refractivity contribution in [3.8, 4) is 0 Å². The first kappa shape index (κ1) is 11.1. The smallest absolute Gasteiger partial charge is 0.248 e. The molecule has 2 rings (SSSR count). The zero-order valence-corrected chi connectivity index (χ0v) is 9.26. The van der Waals surface area contributed by atoms with E-state index in [2.05, 4.69) is 10.3 Å². The quantitative estimate of drug-likeness (QED) is 0.836. The minimum absolute atomic E-state index is 0.412. The van der Waals surface area contributed by atoms with Crippen molar-refractivity contribution in [3.05, 3.63) is 59.8 Å². The topological polar surface area (TPSA) is 68.0 Å². The monoisotopic (exact) mass is 227 g/mol. The molecule has 17 heavy (non-hydrogen) atoms. The highest BCUT2D eigenvalue weighted by atomic mass is 16.1. The lowest BCUT2D eigenvalue weighted by atomic mass is 10.1. The Morgan fingerprint density at radius 3 is 2.82 bits per heavy atom. The van der Waals surface area contributed by atoms with Gasteiger partial charge in [-0.2, -0.15) is 0 Å². The summed E-state index contributed by atoms with van der Waals surface area (Å²) in [4.78, 5) is 15.2. The number of hydrogen-bond acceptors (Lipinski definition) is 3. The van der Waals surface area contributed by atoms with Crippen LogP contribution in [0, 0.1) is 0 Å². The van der Waals surface area contributed by atoms with Gasteiger partial charge in [-0.3, -0.25) is 4.79 Å². The first-order chi connectivity index (χ1) is 8.25. The van der Waals surface area contributed by atoms with Gasteiger partial charge in [-0.25, -0.2) is 4.98 Å². The summed E-state index contributed by atoms with van der Waals surface area (Å²) in [5.74, 6) is 0.390. The second kappa shape index (κ2) is 5.12. The molecule has 86 valence electrons. The highest BCUT2D eigenvalue weighted by molar-refractivity contribution is 5.92. The number of anilines is 1. The molecule has 4 heteroatoms. The number of aromatic nitrogens is 1. The molecule has 1 aromatic heterocycles. The van der Waals surface area contributed by atoms with E-state index in [1.54, 1.807) is 18.3 Å². The molecular formula is C13H13N3O. The number of amides is 1. The standard InChI is InChI=1S/C13H13N3O/c14-13(17)11-5-3-4-10(8-11)9-16-12-6-1-2-7-15-12/h1-8H,9H2,(H2,14,17)(H,15,16). The van der Waals surface area contributed by atoms with E-state index in [1.807, 2.05) is 30.3 Å². The number of pyridine rings is 1. The van der Waals surface area contributed by atoms with Crippen LogP contribution in [0.2, 0.25) is 0 Å². The second-order valence-electron chi connectivity index (χ2n) is 3.63. The van der Waals surface area contributed by atoms with Crippen LogP contribution in [0.4, 0.5) is 5.82 Å². The van der Waals surface area contributed by atoms with Gasteiger partial charge in [0.15, 0.2) is 0 Å². The van der Waals surface area contributed by atoms with Crippen molar-refractivity contribution in [2.24, 2.45) is 5.73 Å². The molecule has 3 N–H and O–H groups in total. The van der Waals surface area contributed by atoms with Crippen LogP contribution in [-0.2, 0) is 6.54 Å². The van der Waals surface area contributed by atoms with Gasteiger partial charge in [-0.1, -0.05) is 18.2 Å². The molecule has 0 bridgehead atoms. The highest BCUT2D eigenvalue weighted by Gasteiger charge is 2.01. The summed E-state index contributed by atoms with van der Waals surface area (Å²) in [5, 5.41) is 3.16. The Balaban J connectivity index is 2.04. The van der Waals surface area contributed by atoms with E-state index in [4.69, 9.17) is 5.73 Å². The number of benzene rings is 1. The van der Waals surface area contributed by atoms with Crippen LogP contribution in [-0.4, -0.2) is 10.9 Å². The minimum atomic E-state index is -0.412. The Bertz CT molecular complexity index is 511. The van der Waals surface area contributed by atoms with E-state index >= 15 is 0 Å². The number of primary amides is 1. The number of hydrogen-bond donors (Lipinski definition) is 2. The maximum absolute atomic E-state index is 11.0. The number of carbonyl (C=O) groups is 1. The molecule has 0 radical (unpaired) electrons. The summed E-state index contributed by atoms with van der Waals surface area (Å²) >= 11 is 0. The van der Waals surface area contributed by atoms with Gasteiger partial charge in [0.05, 0.1) is 0 Å². The van der Waals surface area contributed by atoms with Crippen molar-refractivity contribution in [3.63, 3.8) is 0 Å². The van der Waals surface area contributed by atoms with Crippen LogP contribution in [0.25, 0.3) is 0 Å². The van der Waals surface area contributed by atoms with Crippen molar-refractivity contribution in [1.29, 1.82) is 0 Å². The molecule has 0 fully saturated rings.